The van der Waals surface area contributed by atoms with Gasteiger partial charge in [-0.2, -0.15) is 0 Å². The van der Waals surface area contributed by atoms with Crippen LogP contribution in [0.4, 0.5) is 5.69 Å². The molecule has 0 aromatic heterocycles. The molecule has 2 aromatic carbocycles. The molecule has 0 atom stereocenters. The first kappa shape index (κ1) is 17.8. The quantitative estimate of drug-likeness (QED) is 0.585. The van der Waals surface area contributed by atoms with Gasteiger partial charge in [0.15, 0.2) is 11.5 Å². The highest BCUT2D eigenvalue weighted by molar-refractivity contribution is 5.93. The second kappa shape index (κ2) is 8.35. The molecule has 7 nitrogen and oxygen atoms in total. The summed E-state index contributed by atoms with van der Waals surface area (Å²) < 4.78 is 15.2. The van der Waals surface area contributed by atoms with E-state index in [2.05, 4.69) is 15.4 Å². The molecule has 3 rings (SSSR count). The summed E-state index contributed by atoms with van der Waals surface area (Å²) in [6.07, 6.45) is 0.337. The second-order valence-corrected chi connectivity index (χ2v) is 5.73. The number of ether oxygens (including phenoxy) is 3. The molecule has 136 valence electrons. The SMILES string of the molecule is COC(=O)c1ccc(NC(=O)CCNCc2ccc3c(c2)OCO3)cc1. The normalized spacial score (nSPS) is 11.9. The lowest BCUT2D eigenvalue weighted by Crippen LogP contribution is -2.21. The van der Waals surface area contributed by atoms with Crippen molar-refractivity contribution in [1.29, 1.82) is 0 Å². The molecule has 0 radical (unpaired) electrons. The molecule has 0 fully saturated rings. The van der Waals surface area contributed by atoms with Crippen LogP contribution in [0.5, 0.6) is 11.5 Å². The van der Waals surface area contributed by atoms with Gasteiger partial charge in [-0.1, -0.05) is 6.07 Å². The maximum absolute atomic E-state index is 12.0. The number of benzene rings is 2. The topological polar surface area (TPSA) is 85.9 Å². The highest BCUT2D eigenvalue weighted by Crippen LogP contribution is 2.32. The molecule has 1 aliphatic rings. The van der Waals surface area contributed by atoms with Gasteiger partial charge in [0.25, 0.3) is 0 Å². The van der Waals surface area contributed by atoms with Gasteiger partial charge in [0, 0.05) is 25.2 Å². The summed E-state index contributed by atoms with van der Waals surface area (Å²) in [5.41, 5.74) is 2.14. The Hall–Kier alpha value is -3.06. The first-order valence-electron chi connectivity index (χ1n) is 8.23. The number of hydrogen-bond donors (Lipinski definition) is 2. The number of fused-ring (bicyclic) bond motifs is 1. The minimum Gasteiger partial charge on any atom is -0.465 e. The molecule has 0 aliphatic carbocycles. The van der Waals surface area contributed by atoms with E-state index in [9.17, 15) is 9.59 Å². The number of carbonyl (C=O) groups is 2. The van der Waals surface area contributed by atoms with E-state index in [0.717, 1.165) is 17.1 Å². The maximum atomic E-state index is 12.0. The fourth-order valence-electron chi connectivity index (χ4n) is 2.52. The molecule has 0 unspecified atom stereocenters. The predicted octanol–water partition coefficient (Wildman–Crippen LogP) is 2.32. The van der Waals surface area contributed by atoms with Crippen molar-refractivity contribution in [2.75, 3.05) is 25.8 Å². The van der Waals surface area contributed by atoms with Gasteiger partial charge in [-0.15, -0.1) is 0 Å². The zero-order valence-corrected chi connectivity index (χ0v) is 14.4. The van der Waals surface area contributed by atoms with Crippen LogP contribution in [0.2, 0.25) is 0 Å². The fourth-order valence-corrected chi connectivity index (χ4v) is 2.52. The van der Waals surface area contributed by atoms with Gasteiger partial charge in [0.2, 0.25) is 12.7 Å². The lowest BCUT2D eigenvalue weighted by molar-refractivity contribution is -0.116. The number of carbonyl (C=O) groups excluding carboxylic acids is 2. The molecule has 7 heteroatoms. The third kappa shape index (κ3) is 4.52. The summed E-state index contributed by atoms with van der Waals surface area (Å²) in [7, 11) is 1.33. The van der Waals surface area contributed by atoms with Gasteiger partial charge in [0.1, 0.15) is 0 Å². The highest BCUT2D eigenvalue weighted by atomic mass is 16.7. The smallest absolute Gasteiger partial charge is 0.337 e. The Labute approximate surface area is 151 Å². The van der Waals surface area contributed by atoms with Gasteiger partial charge in [-0.05, 0) is 42.0 Å². The Morgan fingerprint density at radius 3 is 2.62 bits per heavy atom. The van der Waals surface area contributed by atoms with Crippen LogP contribution in [0.25, 0.3) is 0 Å². The summed E-state index contributed by atoms with van der Waals surface area (Å²) in [6, 6.07) is 12.3. The van der Waals surface area contributed by atoms with Crippen LogP contribution in [-0.2, 0) is 16.1 Å². The van der Waals surface area contributed by atoms with Crippen LogP contribution < -0.4 is 20.1 Å². The lowest BCUT2D eigenvalue weighted by atomic mass is 10.2. The van der Waals surface area contributed by atoms with Crippen LogP contribution in [0.1, 0.15) is 22.3 Å². The summed E-state index contributed by atoms with van der Waals surface area (Å²) in [5.74, 6) is 0.994. The average Bonchev–Trinajstić information content (AvgIpc) is 3.13. The molecule has 26 heavy (non-hydrogen) atoms. The van der Waals surface area contributed by atoms with Crippen molar-refractivity contribution in [3.63, 3.8) is 0 Å². The fraction of sp³-hybridized carbons (Fsp3) is 0.263. The Balaban J connectivity index is 1.39. The van der Waals surface area contributed by atoms with Crippen molar-refractivity contribution in [3.05, 3.63) is 53.6 Å². The number of anilines is 1. The van der Waals surface area contributed by atoms with Gasteiger partial charge in [0.05, 0.1) is 12.7 Å². The van der Waals surface area contributed by atoms with Gasteiger partial charge >= 0.3 is 5.97 Å². The molecule has 2 aromatic rings. The van der Waals surface area contributed by atoms with E-state index in [1.165, 1.54) is 7.11 Å². The van der Waals surface area contributed by atoms with Crippen molar-refractivity contribution in [1.82, 2.24) is 5.32 Å². The molecule has 0 saturated carbocycles. The monoisotopic (exact) mass is 356 g/mol. The Kier molecular flexibility index (Phi) is 5.70. The van der Waals surface area contributed by atoms with Gasteiger partial charge in [-0.25, -0.2) is 4.79 Å². The number of hydrogen-bond acceptors (Lipinski definition) is 6. The van der Waals surface area contributed by atoms with Crippen LogP contribution in [0.15, 0.2) is 42.5 Å². The zero-order chi connectivity index (χ0) is 18.4. The second-order valence-electron chi connectivity index (χ2n) is 5.73. The van der Waals surface area contributed by atoms with Crippen LogP contribution in [0, 0.1) is 0 Å². The van der Waals surface area contributed by atoms with Crippen molar-refractivity contribution in [2.45, 2.75) is 13.0 Å². The van der Waals surface area contributed by atoms with Crippen molar-refractivity contribution >= 4 is 17.6 Å². The average molecular weight is 356 g/mol. The molecule has 1 amide bonds. The summed E-state index contributed by atoms with van der Waals surface area (Å²) in [6.45, 7) is 1.44. The third-order valence-corrected chi connectivity index (χ3v) is 3.88. The van der Waals surface area contributed by atoms with E-state index in [1.807, 2.05) is 18.2 Å². The molecule has 0 spiro atoms. The van der Waals surface area contributed by atoms with E-state index in [-0.39, 0.29) is 12.7 Å². The van der Waals surface area contributed by atoms with E-state index >= 15 is 0 Å². The predicted molar refractivity (Wildman–Crippen MR) is 95.3 cm³/mol. The van der Waals surface area contributed by atoms with Crippen molar-refractivity contribution in [2.24, 2.45) is 0 Å². The molecule has 1 heterocycles. The highest BCUT2D eigenvalue weighted by Gasteiger charge is 2.13. The lowest BCUT2D eigenvalue weighted by Gasteiger charge is -2.08. The molecular weight excluding hydrogens is 336 g/mol. The number of esters is 1. The number of amides is 1. The minimum absolute atomic E-state index is 0.103. The first-order valence-corrected chi connectivity index (χ1v) is 8.23. The number of methoxy groups -OCH3 is 1. The van der Waals surface area contributed by atoms with E-state index in [4.69, 9.17) is 9.47 Å². The minimum atomic E-state index is -0.407. The van der Waals surface area contributed by atoms with Gasteiger partial charge < -0.3 is 24.8 Å². The molecule has 1 aliphatic heterocycles. The summed E-state index contributed by atoms with van der Waals surface area (Å²) in [5, 5.41) is 6.01. The van der Waals surface area contributed by atoms with E-state index in [1.54, 1.807) is 24.3 Å². The summed E-state index contributed by atoms with van der Waals surface area (Å²) >= 11 is 0. The Bertz CT molecular complexity index is 789. The number of nitrogens with one attached hydrogen (secondary N) is 2. The van der Waals surface area contributed by atoms with Crippen LogP contribution >= 0.6 is 0 Å². The zero-order valence-electron chi connectivity index (χ0n) is 14.4. The van der Waals surface area contributed by atoms with Crippen LogP contribution in [-0.4, -0.2) is 32.3 Å². The molecule has 0 saturated heterocycles. The molecule has 2 N–H and O–H groups in total. The third-order valence-electron chi connectivity index (χ3n) is 3.88. The Morgan fingerprint density at radius 2 is 1.85 bits per heavy atom. The van der Waals surface area contributed by atoms with Gasteiger partial charge in [-0.3, -0.25) is 4.79 Å². The maximum Gasteiger partial charge on any atom is 0.337 e. The standard InChI is InChI=1S/C19H20N2O5/c1-24-19(23)14-3-5-15(6-4-14)21-18(22)8-9-20-11-13-2-7-16-17(10-13)26-12-25-16/h2-7,10,20H,8-9,11-12H2,1H3,(H,21,22). The van der Waals surface area contributed by atoms with Crippen molar-refractivity contribution in [3.8, 4) is 11.5 Å². The Morgan fingerprint density at radius 1 is 1.08 bits per heavy atom. The number of rotatable bonds is 7. The van der Waals surface area contributed by atoms with E-state index < -0.39 is 5.97 Å². The first-order chi connectivity index (χ1) is 12.7. The summed E-state index contributed by atoms with van der Waals surface area (Å²) in [4.78, 5) is 23.3. The molecular formula is C19H20N2O5. The van der Waals surface area contributed by atoms with Crippen LogP contribution in [0.3, 0.4) is 0 Å². The molecule has 0 bridgehead atoms. The largest absolute Gasteiger partial charge is 0.465 e. The van der Waals surface area contributed by atoms with Crippen molar-refractivity contribution < 1.29 is 23.8 Å². The van der Waals surface area contributed by atoms with E-state index in [0.29, 0.717) is 30.8 Å².